The van der Waals surface area contributed by atoms with Gasteiger partial charge in [0.2, 0.25) is 5.91 Å². The third kappa shape index (κ3) is 8.52. The molecule has 0 spiro atoms. The monoisotopic (exact) mass is 538 g/mol. The van der Waals surface area contributed by atoms with Crippen LogP contribution in [0, 0.1) is 5.92 Å². The molecule has 11 heteroatoms. The Kier molecular flexibility index (Phi) is 9.66. The first-order chi connectivity index (χ1) is 18.1. The predicted molar refractivity (Wildman–Crippen MR) is 143 cm³/mol. The maximum absolute atomic E-state index is 12.4. The number of aromatic hydroxyl groups is 1. The number of carboxylic acid groups (broad SMARTS) is 1. The number of nitrogens with one attached hydrogen (secondary N) is 1. The Labute approximate surface area is 223 Å². The van der Waals surface area contributed by atoms with Crippen molar-refractivity contribution in [3.05, 3.63) is 88.4 Å². The topological polar surface area (TPSA) is 177 Å². The zero-order valence-electron chi connectivity index (χ0n) is 20.3. The molecule has 0 bridgehead atoms. The van der Waals surface area contributed by atoms with Crippen LogP contribution in [0.25, 0.3) is 0 Å². The summed E-state index contributed by atoms with van der Waals surface area (Å²) in [5.41, 5.74) is 12.7. The fraction of sp³-hybridized carbons (Fsp3) is 0.185. The van der Waals surface area contributed by atoms with E-state index in [4.69, 9.17) is 27.8 Å². The Morgan fingerprint density at radius 3 is 2.29 bits per heavy atom. The highest BCUT2D eigenvalue weighted by molar-refractivity contribution is 6.31. The SMILES string of the molecule is NC(N)=Nc1ccc(C(=O)Oc2ccc(CC(=O)NCC[C@@H](Cc3ccc(O)cc3)C(=O)O)c(Cl)c2)cc1. The van der Waals surface area contributed by atoms with Crippen molar-refractivity contribution >= 4 is 41.1 Å². The minimum Gasteiger partial charge on any atom is -0.508 e. The lowest BCUT2D eigenvalue weighted by Crippen LogP contribution is -2.29. The lowest BCUT2D eigenvalue weighted by Gasteiger charge is -2.13. The Bertz CT molecular complexity index is 1320. The van der Waals surface area contributed by atoms with Gasteiger partial charge in [0.05, 0.1) is 23.6 Å². The van der Waals surface area contributed by atoms with E-state index < -0.39 is 17.9 Å². The van der Waals surface area contributed by atoms with Gasteiger partial charge in [-0.15, -0.1) is 0 Å². The van der Waals surface area contributed by atoms with Gasteiger partial charge in [-0.25, -0.2) is 9.79 Å². The van der Waals surface area contributed by atoms with Gasteiger partial charge >= 0.3 is 11.9 Å². The van der Waals surface area contributed by atoms with Crippen molar-refractivity contribution in [2.75, 3.05) is 6.54 Å². The van der Waals surface area contributed by atoms with Crippen LogP contribution in [-0.4, -0.2) is 40.6 Å². The maximum atomic E-state index is 12.4. The number of carbonyl (C=O) groups excluding carboxylic acids is 2. The van der Waals surface area contributed by atoms with E-state index in [9.17, 15) is 24.6 Å². The number of esters is 1. The Balaban J connectivity index is 1.50. The number of carbonyl (C=O) groups is 3. The van der Waals surface area contributed by atoms with Gasteiger partial charge in [0.1, 0.15) is 11.5 Å². The van der Waals surface area contributed by atoms with E-state index in [1.165, 1.54) is 36.4 Å². The molecule has 10 nitrogen and oxygen atoms in total. The zero-order valence-corrected chi connectivity index (χ0v) is 21.0. The van der Waals surface area contributed by atoms with Crippen LogP contribution in [0.5, 0.6) is 11.5 Å². The third-order valence-corrected chi connectivity index (χ3v) is 5.88. The minimum atomic E-state index is -0.967. The van der Waals surface area contributed by atoms with Gasteiger partial charge in [-0.1, -0.05) is 29.8 Å². The molecule has 0 unspecified atom stereocenters. The summed E-state index contributed by atoms with van der Waals surface area (Å²) in [6, 6.07) is 17.0. The first kappa shape index (κ1) is 28.0. The number of amides is 1. The molecule has 0 aliphatic rings. The Morgan fingerprint density at radius 1 is 1.00 bits per heavy atom. The van der Waals surface area contributed by atoms with Crippen molar-refractivity contribution in [3.8, 4) is 11.5 Å². The number of hydrogen-bond acceptors (Lipinski definition) is 6. The summed E-state index contributed by atoms with van der Waals surface area (Å²) in [5.74, 6) is -2.39. The Morgan fingerprint density at radius 2 is 1.68 bits per heavy atom. The van der Waals surface area contributed by atoms with E-state index in [1.807, 2.05) is 0 Å². The van der Waals surface area contributed by atoms with Gasteiger partial charge < -0.3 is 31.7 Å². The van der Waals surface area contributed by atoms with E-state index in [2.05, 4.69) is 10.3 Å². The predicted octanol–water partition coefficient (Wildman–Crippen LogP) is 3.16. The second-order valence-electron chi connectivity index (χ2n) is 8.45. The average Bonchev–Trinajstić information content (AvgIpc) is 2.86. The van der Waals surface area contributed by atoms with Crippen LogP contribution in [-0.2, 0) is 22.4 Å². The molecule has 0 saturated carbocycles. The number of aliphatic carboxylic acids is 1. The number of carboxylic acids is 1. The van der Waals surface area contributed by atoms with E-state index in [0.717, 1.165) is 5.56 Å². The highest BCUT2D eigenvalue weighted by Gasteiger charge is 2.19. The first-order valence-corrected chi connectivity index (χ1v) is 12.0. The minimum absolute atomic E-state index is 0.0327. The van der Waals surface area contributed by atoms with Crippen molar-refractivity contribution in [2.45, 2.75) is 19.3 Å². The summed E-state index contributed by atoms with van der Waals surface area (Å²) < 4.78 is 5.35. The van der Waals surface area contributed by atoms with E-state index in [1.54, 1.807) is 30.3 Å². The molecule has 0 heterocycles. The average molecular weight is 539 g/mol. The van der Waals surface area contributed by atoms with Gasteiger partial charge in [0.15, 0.2) is 5.96 Å². The molecule has 1 atom stereocenters. The van der Waals surface area contributed by atoms with Gasteiger partial charge in [-0.2, -0.15) is 0 Å². The number of nitrogens with zero attached hydrogens (tertiary/aromatic N) is 1. The van der Waals surface area contributed by atoms with Crippen LogP contribution in [0.3, 0.4) is 0 Å². The van der Waals surface area contributed by atoms with E-state index in [0.29, 0.717) is 11.3 Å². The maximum Gasteiger partial charge on any atom is 0.343 e. The molecule has 0 radical (unpaired) electrons. The normalized spacial score (nSPS) is 11.3. The molecule has 1 amide bonds. The summed E-state index contributed by atoms with van der Waals surface area (Å²) in [7, 11) is 0. The largest absolute Gasteiger partial charge is 0.508 e. The zero-order chi connectivity index (χ0) is 27.7. The fourth-order valence-electron chi connectivity index (χ4n) is 3.57. The summed E-state index contributed by atoms with van der Waals surface area (Å²) in [5, 5.41) is 21.8. The quantitative estimate of drug-likeness (QED) is 0.107. The van der Waals surface area contributed by atoms with Crippen molar-refractivity contribution in [3.63, 3.8) is 0 Å². The number of phenolic OH excluding ortho intramolecular Hbond substituents is 1. The van der Waals surface area contributed by atoms with Crippen LogP contribution in [0.2, 0.25) is 5.02 Å². The Hall–Kier alpha value is -4.57. The van der Waals surface area contributed by atoms with Gasteiger partial charge in [0, 0.05) is 11.6 Å². The third-order valence-electron chi connectivity index (χ3n) is 5.53. The summed E-state index contributed by atoms with van der Waals surface area (Å²) in [6.45, 7) is 0.170. The fourth-order valence-corrected chi connectivity index (χ4v) is 3.81. The molecule has 198 valence electrons. The first-order valence-electron chi connectivity index (χ1n) is 11.6. The molecular weight excluding hydrogens is 512 g/mol. The molecule has 0 fully saturated rings. The number of ether oxygens (including phenoxy) is 1. The standard InChI is InChI=1S/C27H27ClN4O6/c28-23-15-22(38-26(37)17-3-6-20(7-4-17)32-27(29)30)10-5-18(23)14-24(34)31-12-11-19(25(35)36)13-16-1-8-21(33)9-2-16/h1-10,15,19,33H,11-14H2,(H,31,34)(H,35,36)(H4,29,30,32)/t19-/m0/s1. The molecule has 7 N–H and O–H groups in total. The van der Waals surface area contributed by atoms with Crippen LogP contribution in [0.1, 0.15) is 27.9 Å². The van der Waals surface area contributed by atoms with E-state index in [-0.39, 0.29) is 59.8 Å². The smallest absolute Gasteiger partial charge is 0.343 e. The van der Waals surface area contributed by atoms with Crippen molar-refractivity contribution in [2.24, 2.45) is 22.4 Å². The molecule has 38 heavy (non-hydrogen) atoms. The number of phenols is 1. The number of hydrogen-bond donors (Lipinski definition) is 5. The number of rotatable bonds is 11. The number of nitrogens with two attached hydrogens (primary N) is 2. The van der Waals surface area contributed by atoms with Gasteiger partial charge in [-0.3, -0.25) is 9.59 Å². The van der Waals surface area contributed by atoms with E-state index >= 15 is 0 Å². The highest BCUT2D eigenvalue weighted by atomic mass is 35.5. The number of guanidine groups is 1. The van der Waals surface area contributed by atoms with Crippen LogP contribution in [0.15, 0.2) is 71.7 Å². The molecule has 3 aromatic carbocycles. The van der Waals surface area contributed by atoms with Crippen molar-refractivity contribution < 1.29 is 29.3 Å². The van der Waals surface area contributed by atoms with Gasteiger partial charge in [0.25, 0.3) is 0 Å². The molecule has 0 aliphatic carbocycles. The van der Waals surface area contributed by atoms with Crippen LogP contribution >= 0.6 is 11.6 Å². The van der Waals surface area contributed by atoms with Crippen LogP contribution in [0.4, 0.5) is 5.69 Å². The molecule has 0 aromatic heterocycles. The summed E-state index contributed by atoms with van der Waals surface area (Å²) in [6.07, 6.45) is 0.477. The molecule has 0 aliphatic heterocycles. The van der Waals surface area contributed by atoms with Gasteiger partial charge in [-0.05, 0) is 72.5 Å². The van der Waals surface area contributed by atoms with Crippen LogP contribution < -0.4 is 21.5 Å². The lowest BCUT2D eigenvalue weighted by atomic mass is 9.96. The molecule has 3 rings (SSSR count). The van der Waals surface area contributed by atoms with Crippen molar-refractivity contribution in [1.82, 2.24) is 5.32 Å². The van der Waals surface area contributed by atoms with Crippen molar-refractivity contribution in [1.29, 1.82) is 0 Å². The number of aliphatic imine (C=N–C) groups is 1. The summed E-state index contributed by atoms with van der Waals surface area (Å²) in [4.78, 5) is 40.3. The number of benzene rings is 3. The summed E-state index contributed by atoms with van der Waals surface area (Å²) >= 11 is 6.29. The molecule has 3 aromatic rings. The molecular formula is C27H27ClN4O6. The number of halogens is 1. The second-order valence-corrected chi connectivity index (χ2v) is 8.85. The lowest BCUT2D eigenvalue weighted by molar-refractivity contribution is -0.142. The molecule has 0 saturated heterocycles. The second kappa shape index (κ2) is 13.1. The highest BCUT2D eigenvalue weighted by Crippen LogP contribution is 2.24.